The number of carbonyl (C=O) groups is 1. The Balaban J connectivity index is 1.64. The van der Waals surface area contributed by atoms with Crippen LogP contribution in [-0.4, -0.2) is 50.3 Å². The van der Waals surface area contributed by atoms with Crippen molar-refractivity contribution in [1.29, 1.82) is 0 Å². The van der Waals surface area contributed by atoms with E-state index in [2.05, 4.69) is 15.2 Å². The number of ether oxygens (including phenoxy) is 1. The summed E-state index contributed by atoms with van der Waals surface area (Å²) in [4.78, 5) is 19.2. The molecular weight excluding hydrogens is 334 g/mol. The van der Waals surface area contributed by atoms with Crippen molar-refractivity contribution in [3.8, 4) is 0 Å². The lowest BCUT2D eigenvalue weighted by Crippen LogP contribution is -2.43. The van der Waals surface area contributed by atoms with Gasteiger partial charge in [-0.15, -0.1) is 10.2 Å². The van der Waals surface area contributed by atoms with Crippen molar-refractivity contribution in [2.24, 2.45) is 7.05 Å². The maximum Gasteiger partial charge on any atom is 0.254 e. The van der Waals surface area contributed by atoms with E-state index >= 15 is 0 Å². The minimum Gasteiger partial charge on any atom is -0.423 e. The number of aromatic nitrogens is 4. The third-order valence-electron chi connectivity index (χ3n) is 4.60. The van der Waals surface area contributed by atoms with Gasteiger partial charge in [-0.2, -0.15) is 0 Å². The quantitative estimate of drug-likeness (QED) is 0.716. The number of fused-ring (bicyclic) bond motifs is 1. The molecule has 1 fully saturated rings. The van der Waals surface area contributed by atoms with E-state index in [0.29, 0.717) is 37.1 Å². The summed E-state index contributed by atoms with van der Waals surface area (Å²) in [5, 5.41) is 8.21. The fourth-order valence-electron chi connectivity index (χ4n) is 3.10. The topological polar surface area (TPSA) is 86.3 Å². The first-order valence-electron chi connectivity index (χ1n) is 8.67. The van der Waals surface area contributed by atoms with Gasteiger partial charge >= 0.3 is 0 Å². The number of amides is 1. The Morgan fingerprint density at radius 3 is 2.92 bits per heavy atom. The second-order valence-electron chi connectivity index (χ2n) is 6.78. The van der Waals surface area contributed by atoms with Crippen molar-refractivity contribution in [2.75, 3.05) is 19.8 Å². The lowest BCUT2D eigenvalue weighted by Gasteiger charge is -2.33. The molecule has 1 aromatic carbocycles. The van der Waals surface area contributed by atoms with Crippen LogP contribution in [0.3, 0.4) is 0 Å². The van der Waals surface area contributed by atoms with Crippen molar-refractivity contribution in [2.45, 2.75) is 25.8 Å². The molecule has 0 saturated carbocycles. The van der Waals surface area contributed by atoms with Gasteiger partial charge in [0.15, 0.2) is 0 Å². The first-order chi connectivity index (χ1) is 12.5. The molecule has 1 atom stereocenters. The number of hydrogen-bond donors (Lipinski definition) is 0. The number of hydrogen-bond acceptors (Lipinski definition) is 6. The number of rotatable bonds is 3. The van der Waals surface area contributed by atoms with E-state index in [4.69, 9.17) is 9.15 Å². The Kier molecular flexibility index (Phi) is 4.20. The maximum atomic E-state index is 13.1. The highest BCUT2D eigenvalue weighted by atomic mass is 16.5. The number of benzene rings is 1. The molecule has 8 heteroatoms. The van der Waals surface area contributed by atoms with Gasteiger partial charge in [-0.05, 0) is 18.2 Å². The standard InChI is InChI=1S/C18H21N5O3/c1-11(2)16-20-21-17(26-16)15-9-25-7-6-23(15)18(24)12-4-5-14-13(8-12)19-10-22(14)3/h4-5,8,10-11,15H,6-7,9H2,1-3H3/t15-/m0/s1. The SMILES string of the molecule is CC(C)c1nnc([C@@H]2COCCN2C(=O)c2ccc3c(c2)ncn3C)o1. The van der Waals surface area contributed by atoms with Gasteiger partial charge in [-0.3, -0.25) is 4.79 Å². The van der Waals surface area contributed by atoms with E-state index in [1.165, 1.54) is 0 Å². The smallest absolute Gasteiger partial charge is 0.254 e. The van der Waals surface area contributed by atoms with Gasteiger partial charge in [0, 0.05) is 25.1 Å². The molecule has 0 bridgehead atoms. The molecule has 4 rings (SSSR count). The molecule has 0 N–H and O–H groups in total. The Morgan fingerprint density at radius 2 is 2.15 bits per heavy atom. The molecule has 3 heterocycles. The second-order valence-corrected chi connectivity index (χ2v) is 6.78. The van der Waals surface area contributed by atoms with Gasteiger partial charge in [0.05, 0.1) is 30.6 Å². The van der Waals surface area contributed by atoms with Gasteiger partial charge in [0.2, 0.25) is 11.8 Å². The van der Waals surface area contributed by atoms with Crippen LogP contribution in [0.4, 0.5) is 0 Å². The molecule has 1 aliphatic heterocycles. The second kappa shape index (κ2) is 6.53. The summed E-state index contributed by atoms with van der Waals surface area (Å²) in [7, 11) is 1.93. The lowest BCUT2D eigenvalue weighted by atomic mass is 10.1. The van der Waals surface area contributed by atoms with Gasteiger partial charge in [0.25, 0.3) is 5.91 Å². The third kappa shape index (κ3) is 2.86. The average Bonchev–Trinajstić information content (AvgIpc) is 3.28. The van der Waals surface area contributed by atoms with Crippen LogP contribution in [0, 0.1) is 0 Å². The van der Waals surface area contributed by atoms with Gasteiger partial charge < -0.3 is 18.6 Å². The molecule has 0 radical (unpaired) electrons. The molecule has 8 nitrogen and oxygen atoms in total. The van der Waals surface area contributed by atoms with Gasteiger partial charge in [-0.1, -0.05) is 13.8 Å². The monoisotopic (exact) mass is 355 g/mol. The van der Waals surface area contributed by atoms with Crippen LogP contribution in [0.25, 0.3) is 11.0 Å². The summed E-state index contributed by atoms with van der Waals surface area (Å²) in [6, 6.07) is 5.17. The van der Waals surface area contributed by atoms with Crippen molar-refractivity contribution >= 4 is 16.9 Å². The fraction of sp³-hybridized carbons (Fsp3) is 0.444. The number of imidazole rings is 1. The number of nitrogens with zero attached hydrogens (tertiary/aromatic N) is 5. The summed E-state index contributed by atoms with van der Waals surface area (Å²) < 4.78 is 13.2. The summed E-state index contributed by atoms with van der Waals surface area (Å²) in [5.41, 5.74) is 2.37. The highest BCUT2D eigenvalue weighted by molar-refractivity contribution is 5.97. The highest BCUT2D eigenvalue weighted by Crippen LogP contribution is 2.27. The molecule has 0 unspecified atom stereocenters. The van der Waals surface area contributed by atoms with E-state index in [9.17, 15) is 4.79 Å². The zero-order valence-corrected chi connectivity index (χ0v) is 15.0. The van der Waals surface area contributed by atoms with E-state index < -0.39 is 0 Å². The summed E-state index contributed by atoms with van der Waals surface area (Å²) >= 11 is 0. The number of carbonyl (C=O) groups excluding carboxylic acids is 1. The van der Waals surface area contributed by atoms with Crippen LogP contribution in [0.15, 0.2) is 28.9 Å². The molecule has 26 heavy (non-hydrogen) atoms. The number of morpholine rings is 1. The lowest BCUT2D eigenvalue weighted by molar-refractivity contribution is -0.0107. The molecule has 1 saturated heterocycles. The Bertz CT molecular complexity index is 945. The van der Waals surface area contributed by atoms with Gasteiger partial charge in [0.1, 0.15) is 6.04 Å². The Labute approximate surface area is 150 Å². The highest BCUT2D eigenvalue weighted by Gasteiger charge is 2.33. The normalized spacial score (nSPS) is 18.0. The molecule has 1 aliphatic rings. The van der Waals surface area contributed by atoms with Crippen LogP contribution in [0.2, 0.25) is 0 Å². The van der Waals surface area contributed by atoms with Crippen molar-refractivity contribution < 1.29 is 13.9 Å². The summed E-state index contributed by atoms with van der Waals surface area (Å²) in [6.07, 6.45) is 1.74. The molecule has 1 amide bonds. The predicted octanol–water partition coefficient (Wildman–Crippen LogP) is 2.29. The molecular formula is C18H21N5O3. The fourth-order valence-corrected chi connectivity index (χ4v) is 3.10. The summed E-state index contributed by atoms with van der Waals surface area (Å²) in [5.74, 6) is 1.03. The average molecular weight is 355 g/mol. The minimum absolute atomic E-state index is 0.0878. The van der Waals surface area contributed by atoms with Crippen molar-refractivity contribution in [1.82, 2.24) is 24.6 Å². The molecule has 0 aliphatic carbocycles. The zero-order valence-electron chi connectivity index (χ0n) is 15.0. The van der Waals surface area contributed by atoms with Crippen LogP contribution in [0.1, 0.15) is 47.9 Å². The minimum atomic E-state index is -0.379. The first-order valence-corrected chi connectivity index (χ1v) is 8.67. The van der Waals surface area contributed by atoms with E-state index in [0.717, 1.165) is 11.0 Å². The van der Waals surface area contributed by atoms with Crippen LogP contribution < -0.4 is 0 Å². The Morgan fingerprint density at radius 1 is 1.31 bits per heavy atom. The predicted molar refractivity (Wildman–Crippen MR) is 93.7 cm³/mol. The van der Waals surface area contributed by atoms with Crippen LogP contribution in [0.5, 0.6) is 0 Å². The largest absolute Gasteiger partial charge is 0.423 e. The summed E-state index contributed by atoms with van der Waals surface area (Å²) in [6.45, 7) is 5.28. The van der Waals surface area contributed by atoms with E-state index in [-0.39, 0.29) is 17.9 Å². The Hall–Kier alpha value is -2.74. The van der Waals surface area contributed by atoms with Crippen LogP contribution >= 0.6 is 0 Å². The molecule has 0 spiro atoms. The van der Waals surface area contributed by atoms with Gasteiger partial charge in [-0.25, -0.2) is 4.98 Å². The molecule has 136 valence electrons. The first kappa shape index (κ1) is 16.7. The number of aryl methyl sites for hydroxylation is 1. The van der Waals surface area contributed by atoms with Crippen molar-refractivity contribution in [3.05, 3.63) is 41.9 Å². The van der Waals surface area contributed by atoms with E-state index in [1.807, 2.05) is 43.7 Å². The van der Waals surface area contributed by atoms with Crippen LogP contribution in [-0.2, 0) is 11.8 Å². The molecule has 2 aromatic heterocycles. The zero-order chi connectivity index (χ0) is 18.3. The maximum absolute atomic E-state index is 13.1. The molecule has 3 aromatic rings. The van der Waals surface area contributed by atoms with E-state index in [1.54, 1.807) is 11.2 Å². The van der Waals surface area contributed by atoms with Crippen molar-refractivity contribution in [3.63, 3.8) is 0 Å². The third-order valence-corrected chi connectivity index (χ3v) is 4.60.